The molecular weight excluding hydrogens is 300 g/mol. The Kier molecular flexibility index (Phi) is 5.00. The van der Waals surface area contributed by atoms with E-state index in [1.54, 1.807) is 6.92 Å². The van der Waals surface area contributed by atoms with Crippen molar-refractivity contribution in [3.8, 4) is 12.3 Å². The maximum atomic E-state index is 13.4. The van der Waals surface area contributed by atoms with E-state index in [1.165, 1.54) is 0 Å². The number of halogens is 3. The highest BCUT2D eigenvalue weighted by atomic mass is 35.5. The minimum absolute atomic E-state index is 0.247. The van der Waals surface area contributed by atoms with Crippen LogP contribution in [0.4, 0.5) is 4.39 Å². The lowest BCUT2D eigenvalue weighted by Crippen LogP contribution is -2.33. The smallest absolute Gasteiger partial charge is 0.207 e. The van der Waals surface area contributed by atoms with Gasteiger partial charge >= 0.3 is 0 Å². The van der Waals surface area contributed by atoms with E-state index in [2.05, 4.69) is 10.6 Å². The number of hydrogen-bond acceptors (Lipinski definition) is 2. The summed E-state index contributed by atoms with van der Waals surface area (Å²) in [7, 11) is -3.98. The Hall–Kier alpha value is -0.800. The monoisotopic (exact) mass is 309 g/mol. The maximum absolute atomic E-state index is 13.4. The third-order valence-electron chi connectivity index (χ3n) is 2.20. The predicted molar refractivity (Wildman–Crippen MR) is 69.7 cm³/mol. The van der Waals surface area contributed by atoms with Gasteiger partial charge in [-0.1, -0.05) is 36.0 Å². The summed E-state index contributed by atoms with van der Waals surface area (Å²) < 4.78 is 39.6. The molecule has 1 N–H and O–H groups in total. The SMILES string of the molecule is C#CC(CC)NS(=O)(=O)c1ccc(Cl)c(F)c1Cl. The fraction of sp³-hybridized carbons (Fsp3) is 0.273. The molecule has 3 nitrogen and oxygen atoms in total. The fourth-order valence-corrected chi connectivity index (χ4v) is 3.19. The van der Waals surface area contributed by atoms with Crippen LogP contribution < -0.4 is 4.72 Å². The molecule has 0 aromatic heterocycles. The van der Waals surface area contributed by atoms with Crippen molar-refractivity contribution < 1.29 is 12.8 Å². The van der Waals surface area contributed by atoms with Crippen LogP contribution in [0.1, 0.15) is 13.3 Å². The van der Waals surface area contributed by atoms with Gasteiger partial charge in [0.2, 0.25) is 10.0 Å². The van der Waals surface area contributed by atoms with E-state index in [4.69, 9.17) is 29.6 Å². The molecule has 0 fully saturated rings. The van der Waals surface area contributed by atoms with Crippen LogP contribution >= 0.6 is 23.2 Å². The Morgan fingerprint density at radius 1 is 1.50 bits per heavy atom. The van der Waals surface area contributed by atoms with Gasteiger partial charge in [0, 0.05) is 0 Å². The summed E-state index contributed by atoms with van der Waals surface area (Å²) in [5.41, 5.74) is 0. The number of rotatable bonds is 4. The Morgan fingerprint density at radius 3 is 2.61 bits per heavy atom. The zero-order valence-electron chi connectivity index (χ0n) is 9.38. The van der Waals surface area contributed by atoms with Gasteiger partial charge in [-0.2, -0.15) is 4.72 Å². The molecule has 0 aliphatic heterocycles. The molecule has 0 aliphatic rings. The van der Waals surface area contributed by atoms with Gasteiger partial charge in [-0.3, -0.25) is 0 Å². The highest BCUT2D eigenvalue weighted by molar-refractivity contribution is 7.89. The highest BCUT2D eigenvalue weighted by Crippen LogP contribution is 2.29. The molecule has 0 heterocycles. The van der Waals surface area contributed by atoms with Crippen molar-refractivity contribution in [3.05, 3.63) is 28.0 Å². The first-order valence-corrected chi connectivity index (χ1v) is 7.19. The first-order valence-electron chi connectivity index (χ1n) is 4.95. The van der Waals surface area contributed by atoms with Crippen LogP contribution in [0.5, 0.6) is 0 Å². The minimum Gasteiger partial charge on any atom is -0.207 e. The van der Waals surface area contributed by atoms with Crippen LogP contribution in [0.3, 0.4) is 0 Å². The second kappa shape index (κ2) is 5.89. The third-order valence-corrected chi connectivity index (χ3v) is 4.48. The number of sulfonamides is 1. The first kappa shape index (κ1) is 15.3. The summed E-state index contributed by atoms with van der Waals surface area (Å²) in [6, 6.07) is 1.57. The van der Waals surface area contributed by atoms with Gasteiger partial charge in [0.25, 0.3) is 0 Å². The van der Waals surface area contributed by atoms with Gasteiger partial charge in [0.1, 0.15) is 4.90 Å². The quantitative estimate of drug-likeness (QED) is 0.686. The van der Waals surface area contributed by atoms with Crippen LogP contribution in [0.15, 0.2) is 17.0 Å². The van der Waals surface area contributed by atoms with Gasteiger partial charge in [-0.15, -0.1) is 6.42 Å². The van der Waals surface area contributed by atoms with Crippen LogP contribution in [-0.4, -0.2) is 14.5 Å². The molecule has 0 aliphatic carbocycles. The van der Waals surface area contributed by atoms with Gasteiger partial charge in [0.15, 0.2) is 5.82 Å². The molecule has 1 rings (SSSR count). The van der Waals surface area contributed by atoms with E-state index in [-0.39, 0.29) is 9.92 Å². The van der Waals surface area contributed by atoms with E-state index in [0.29, 0.717) is 6.42 Å². The molecule has 0 spiro atoms. The molecule has 98 valence electrons. The number of hydrogen-bond donors (Lipinski definition) is 1. The molecule has 0 amide bonds. The topological polar surface area (TPSA) is 46.2 Å². The molecule has 0 saturated carbocycles. The average Bonchev–Trinajstić information content (AvgIpc) is 2.32. The molecule has 1 atom stereocenters. The van der Waals surface area contributed by atoms with Crippen molar-refractivity contribution >= 4 is 33.2 Å². The fourth-order valence-electron chi connectivity index (χ4n) is 1.20. The Labute approximate surface area is 115 Å². The molecule has 7 heteroatoms. The molecule has 18 heavy (non-hydrogen) atoms. The van der Waals surface area contributed by atoms with E-state index >= 15 is 0 Å². The number of benzene rings is 1. The van der Waals surface area contributed by atoms with E-state index in [9.17, 15) is 12.8 Å². The van der Waals surface area contributed by atoms with Crippen LogP contribution in [0.25, 0.3) is 0 Å². The lowest BCUT2D eigenvalue weighted by molar-refractivity contribution is 0.567. The first-order chi connectivity index (χ1) is 8.33. The van der Waals surface area contributed by atoms with Crippen molar-refractivity contribution in [1.82, 2.24) is 4.72 Å². The zero-order chi connectivity index (χ0) is 13.9. The molecule has 1 aromatic rings. The zero-order valence-corrected chi connectivity index (χ0v) is 11.7. The lowest BCUT2D eigenvalue weighted by atomic mass is 10.3. The standard InChI is InChI=1S/C11H10Cl2FNO2S/c1-3-7(4-2)15-18(16,17)9-6-5-8(12)11(14)10(9)13/h1,5-7,15H,4H2,2H3. The maximum Gasteiger partial charge on any atom is 0.243 e. The lowest BCUT2D eigenvalue weighted by Gasteiger charge is -2.13. The molecule has 0 saturated heterocycles. The van der Waals surface area contributed by atoms with Crippen molar-refractivity contribution in [2.24, 2.45) is 0 Å². The summed E-state index contributed by atoms with van der Waals surface area (Å²) >= 11 is 11.1. The third kappa shape index (κ3) is 3.15. The molecule has 1 aromatic carbocycles. The van der Waals surface area contributed by atoms with Crippen LogP contribution in [0, 0.1) is 18.2 Å². The minimum atomic E-state index is -3.98. The Bertz CT molecular complexity index is 596. The van der Waals surface area contributed by atoms with Gasteiger partial charge in [-0.25, -0.2) is 12.8 Å². The number of nitrogens with one attached hydrogen (secondary N) is 1. The second-order valence-corrected chi connectivity index (χ2v) is 5.89. The largest absolute Gasteiger partial charge is 0.243 e. The van der Waals surface area contributed by atoms with E-state index in [1.807, 2.05) is 0 Å². The van der Waals surface area contributed by atoms with Gasteiger partial charge in [-0.05, 0) is 18.6 Å². The summed E-state index contributed by atoms with van der Waals surface area (Å²) in [5, 5.41) is -0.801. The summed E-state index contributed by atoms with van der Waals surface area (Å²) in [6.45, 7) is 1.72. The van der Waals surface area contributed by atoms with Gasteiger partial charge < -0.3 is 0 Å². The van der Waals surface area contributed by atoms with Crippen molar-refractivity contribution in [3.63, 3.8) is 0 Å². The van der Waals surface area contributed by atoms with Crippen LogP contribution in [-0.2, 0) is 10.0 Å². The normalized spacial score (nSPS) is 13.1. The van der Waals surface area contributed by atoms with Gasteiger partial charge in [0.05, 0.1) is 16.1 Å². The van der Waals surface area contributed by atoms with Crippen LogP contribution in [0.2, 0.25) is 10.0 Å². The second-order valence-electron chi connectivity index (χ2n) is 3.42. The molecule has 0 bridgehead atoms. The Balaban J connectivity index is 3.23. The van der Waals surface area contributed by atoms with E-state index < -0.39 is 26.9 Å². The highest BCUT2D eigenvalue weighted by Gasteiger charge is 2.23. The average molecular weight is 310 g/mol. The van der Waals surface area contributed by atoms with E-state index in [0.717, 1.165) is 12.1 Å². The molecule has 0 radical (unpaired) electrons. The predicted octanol–water partition coefficient (Wildman–Crippen LogP) is 2.82. The number of terminal acetylenes is 1. The molecule has 1 unspecified atom stereocenters. The van der Waals surface area contributed by atoms with Crippen molar-refractivity contribution in [2.75, 3.05) is 0 Å². The molecular formula is C11H10Cl2FNO2S. The van der Waals surface area contributed by atoms with Crippen molar-refractivity contribution in [1.29, 1.82) is 0 Å². The summed E-state index contributed by atoms with van der Waals surface area (Å²) in [5.74, 6) is 1.29. The summed E-state index contributed by atoms with van der Waals surface area (Å²) in [4.78, 5) is -0.389. The van der Waals surface area contributed by atoms with Crippen molar-refractivity contribution in [2.45, 2.75) is 24.3 Å². The Morgan fingerprint density at radius 2 is 2.11 bits per heavy atom. The summed E-state index contributed by atoms with van der Waals surface area (Å²) in [6.07, 6.45) is 5.56.